The van der Waals surface area contributed by atoms with E-state index in [1.54, 1.807) is 18.2 Å². The average Bonchev–Trinajstić information content (AvgIpc) is 2.86. The topological polar surface area (TPSA) is 107 Å². The summed E-state index contributed by atoms with van der Waals surface area (Å²) >= 11 is 0. The number of rotatable bonds is 5. The maximum absolute atomic E-state index is 11.5. The summed E-state index contributed by atoms with van der Waals surface area (Å²) < 4.78 is 4.64. The Bertz CT molecular complexity index is 581. The van der Waals surface area contributed by atoms with Gasteiger partial charge in [-0.25, -0.2) is 4.79 Å². The first-order chi connectivity index (χ1) is 9.15. The standard InChI is InChI=1S/C12H15N3O4/c1-19-12(18)11-9-4-7(13-5-8(17)6-16)2-3-10(9)14-15-11/h2-4,8,13,16-17H,5-6H2,1H3,(H,14,15). The van der Waals surface area contributed by atoms with E-state index in [2.05, 4.69) is 20.3 Å². The van der Waals surface area contributed by atoms with Crippen molar-refractivity contribution in [3.05, 3.63) is 23.9 Å². The molecule has 7 nitrogen and oxygen atoms in total. The summed E-state index contributed by atoms with van der Waals surface area (Å²) in [6.07, 6.45) is -0.833. The monoisotopic (exact) mass is 265 g/mol. The second-order valence-electron chi connectivity index (χ2n) is 4.04. The Morgan fingerprint density at radius 3 is 3.05 bits per heavy atom. The normalized spacial score (nSPS) is 12.4. The van der Waals surface area contributed by atoms with Gasteiger partial charge in [0.25, 0.3) is 0 Å². The van der Waals surface area contributed by atoms with Gasteiger partial charge in [-0.3, -0.25) is 5.10 Å². The molecule has 1 heterocycles. The zero-order valence-corrected chi connectivity index (χ0v) is 10.4. The van der Waals surface area contributed by atoms with Crippen molar-refractivity contribution in [3.8, 4) is 0 Å². The van der Waals surface area contributed by atoms with Gasteiger partial charge in [0.2, 0.25) is 0 Å². The van der Waals surface area contributed by atoms with Crippen LogP contribution < -0.4 is 5.32 Å². The molecule has 0 radical (unpaired) electrons. The molecular formula is C12H15N3O4. The van der Waals surface area contributed by atoms with Crippen LogP contribution in [0.1, 0.15) is 10.5 Å². The van der Waals surface area contributed by atoms with E-state index in [4.69, 9.17) is 5.11 Å². The van der Waals surface area contributed by atoms with Gasteiger partial charge in [-0.05, 0) is 18.2 Å². The fourth-order valence-corrected chi connectivity index (χ4v) is 1.68. The highest BCUT2D eigenvalue weighted by Crippen LogP contribution is 2.21. The molecule has 0 aliphatic carbocycles. The summed E-state index contributed by atoms with van der Waals surface area (Å²) in [5, 5.41) is 28.2. The predicted molar refractivity (Wildman–Crippen MR) is 69.0 cm³/mol. The number of hydrogen-bond acceptors (Lipinski definition) is 6. The summed E-state index contributed by atoms with van der Waals surface area (Å²) in [5.74, 6) is -0.515. The van der Waals surface area contributed by atoms with Crippen LogP contribution in [0.3, 0.4) is 0 Å². The lowest BCUT2D eigenvalue weighted by Crippen LogP contribution is -2.22. The molecule has 4 N–H and O–H groups in total. The lowest BCUT2D eigenvalue weighted by molar-refractivity contribution is 0.0596. The molecule has 7 heteroatoms. The van der Waals surface area contributed by atoms with Crippen LogP contribution in [0.5, 0.6) is 0 Å². The molecule has 0 saturated carbocycles. The lowest BCUT2D eigenvalue weighted by Gasteiger charge is -2.10. The summed E-state index contributed by atoms with van der Waals surface area (Å²) in [5.41, 5.74) is 1.64. The second-order valence-corrected chi connectivity index (χ2v) is 4.04. The Morgan fingerprint density at radius 1 is 1.58 bits per heavy atom. The van der Waals surface area contributed by atoms with E-state index in [0.717, 1.165) is 0 Å². The van der Waals surface area contributed by atoms with Crippen LogP contribution >= 0.6 is 0 Å². The summed E-state index contributed by atoms with van der Waals surface area (Å²) in [6.45, 7) is -0.0955. The number of ether oxygens (including phenoxy) is 1. The van der Waals surface area contributed by atoms with Crippen LogP contribution in [0.4, 0.5) is 5.69 Å². The van der Waals surface area contributed by atoms with Crippen molar-refractivity contribution in [1.82, 2.24) is 10.2 Å². The Morgan fingerprint density at radius 2 is 2.37 bits per heavy atom. The lowest BCUT2D eigenvalue weighted by atomic mass is 10.2. The van der Waals surface area contributed by atoms with Crippen LogP contribution in [-0.2, 0) is 4.74 Å². The first-order valence-electron chi connectivity index (χ1n) is 5.75. The van der Waals surface area contributed by atoms with Crippen molar-refractivity contribution in [3.63, 3.8) is 0 Å². The highest BCUT2D eigenvalue weighted by Gasteiger charge is 2.14. The maximum atomic E-state index is 11.5. The number of fused-ring (bicyclic) bond motifs is 1. The first-order valence-corrected chi connectivity index (χ1v) is 5.75. The van der Waals surface area contributed by atoms with E-state index in [9.17, 15) is 9.90 Å². The third-order valence-electron chi connectivity index (χ3n) is 2.69. The molecule has 0 saturated heterocycles. The van der Waals surface area contributed by atoms with Crippen molar-refractivity contribution in [2.24, 2.45) is 0 Å². The summed E-state index contributed by atoms with van der Waals surface area (Å²) in [7, 11) is 1.29. The molecule has 1 unspecified atom stereocenters. The van der Waals surface area contributed by atoms with Crippen molar-refractivity contribution in [2.45, 2.75) is 6.10 Å². The number of carbonyl (C=O) groups is 1. The Balaban J connectivity index is 2.25. The number of nitrogens with zero attached hydrogens (tertiary/aromatic N) is 1. The zero-order chi connectivity index (χ0) is 13.8. The number of carbonyl (C=O) groups excluding carboxylic acids is 1. The molecule has 0 amide bonds. The van der Waals surface area contributed by atoms with Gasteiger partial charge in [0.05, 0.1) is 25.3 Å². The SMILES string of the molecule is COC(=O)c1n[nH]c2ccc(NCC(O)CO)cc12. The molecule has 0 aliphatic heterocycles. The van der Waals surface area contributed by atoms with Crippen LogP contribution in [0.15, 0.2) is 18.2 Å². The molecule has 1 aromatic carbocycles. The number of H-pyrrole nitrogens is 1. The fourth-order valence-electron chi connectivity index (χ4n) is 1.68. The number of aliphatic hydroxyl groups excluding tert-OH is 2. The fraction of sp³-hybridized carbons (Fsp3) is 0.333. The Hall–Kier alpha value is -2.12. The molecule has 0 aliphatic rings. The Labute approximate surface area is 109 Å². The Kier molecular flexibility index (Phi) is 3.98. The van der Waals surface area contributed by atoms with Crippen molar-refractivity contribution in [2.75, 3.05) is 25.6 Å². The average molecular weight is 265 g/mol. The van der Waals surface area contributed by atoms with Gasteiger partial charge in [0.15, 0.2) is 5.69 Å². The van der Waals surface area contributed by atoms with E-state index >= 15 is 0 Å². The molecular weight excluding hydrogens is 250 g/mol. The van der Waals surface area contributed by atoms with Crippen LogP contribution in [-0.4, -0.2) is 52.7 Å². The minimum absolute atomic E-state index is 0.212. The molecule has 1 aromatic heterocycles. The second kappa shape index (κ2) is 5.68. The van der Waals surface area contributed by atoms with Gasteiger partial charge in [-0.15, -0.1) is 0 Å². The van der Waals surface area contributed by atoms with Crippen LogP contribution in [0.25, 0.3) is 10.9 Å². The largest absolute Gasteiger partial charge is 0.464 e. The molecule has 102 valence electrons. The number of aliphatic hydroxyl groups is 2. The number of aromatic amines is 1. The third-order valence-corrected chi connectivity index (χ3v) is 2.69. The molecule has 2 rings (SSSR count). The number of nitrogens with one attached hydrogen (secondary N) is 2. The number of hydrogen-bond donors (Lipinski definition) is 4. The maximum Gasteiger partial charge on any atom is 0.359 e. The van der Waals surface area contributed by atoms with Crippen LogP contribution in [0, 0.1) is 0 Å². The minimum atomic E-state index is -0.833. The van der Waals surface area contributed by atoms with Crippen molar-refractivity contribution >= 4 is 22.6 Å². The summed E-state index contributed by atoms with van der Waals surface area (Å²) in [4.78, 5) is 11.5. The molecule has 0 spiro atoms. The molecule has 1 atom stereocenters. The number of methoxy groups -OCH3 is 1. The third kappa shape index (κ3) is 2.83. The van der Waals surface area contributed by atoms with Gasteiger partial charge in [-0.2, -0.15) is 5.10 Å². The van der Waals surface area contributed by atoms with Gasteiger partial charge >= 0.3 is 5.97 Å². The van der Waals surface area contributed by atoms with Gasteiger partial charge in [0, 0.05) is 17.6 Å². The van der Waals surface area contributed by atoms with E-state index < -0.39 is 12.1 Å². The highest BCUT2D eigenvalue weighted by molar-refractivity contribution is 6.02. The van der Waals surface area contributed by atoms with E-state index in [1.165, 1.54) is 7.11 Å². The van der Waals surface area contributed by atoms with E-state index in [0.29, 0.717) is 16.6 Å². The van der Waals surface area contributed by atoms with Crippen molar-refractivity contribution in [1.29, 1.82) is 0 Å². The van der Waals surface area contributed by atoms with Gasteiger partial charge < -0.3 is 20.3 Å². The molecule has 2 aromatic rings. The van der Waals surface area contributed by atoms with Gasteiger partial charge in [-0.1, -0.05) is 0 Å². The minimum Gasteiger partial charge on any atom is -0.464 e. The van der Waals surface area contributed by atoms with E-state index in [-0.39, 0.29) is 18.8 Å². The number of aromatic nitrogens is 2. The molecule has 0 fully saturated rings. The summed E-state index contributed by atoms with van der Waals surface area (Å²) in [6, 6.07) is 5.28. The molecule has 0 bridgehead atoms. The predicted octanol–water partition coefficient (Wildman–Crippen LogP) is 0.115. The highest BCUT2D eigenvalue weighted by atomic mass is 16.5. The number of esters is 1. The number of benzene rings is 1. The van der Waals surface area contributed by atoms with Gasteiger partial charge in [0.1, 0.15) is 0 Å². The van der Waals surface area contributed by atoms with E-state index in [1.807, 2.05) is 0 Å². The zero-order valence-electron chi connectivity index (χ0n) is 10.4. The number of anilines is 1. The quantitative estimate of drug-likeness (QED) is 0.572. The smallest absolute Gasteiger partial charge is 0.359 e. The molecule has 19 heavy (non-hydrogen) atoms. The van der Waals surface area contributed by atoms with Crippen LogP contribution in [0.2, 0.25) is 0 Å². The van der Waals surface area contributed by atoms with Crippen molar-refractivity contribution < 1.29 is 19.7 Å². The first kappa shape index (κ1) is 13.3.